The van der Waals surface area contributed by atoms with Crippen LogP contribution in [0.3, 0.4) is 0 Å². The van der Waals surface area contributed by atoms with E-state index in [1.807, 2.05) is 12.3 Å². The number of anilines is 1. The molecular weight excluding hydrogens is 198 g/mol. The van der Waals surface area contributed by atoms with E-state index < -0.39 is 0 Å². The lowest BCUT2D eigenvalue weighted by Gasteiger charge is -2.32. The van der Waals surface area contributed by atoms with Crippen LogP contribution < -0.4 is 10.6 Å². The van der Waals surface area contributed by atoms with Crippen molar-refractivity contribution in [1.29, 1.82) is 0 Å². The summed E-state index contributed by atoms with van der Waals surface area (Å²) in [6, 6.07) is 4.38. The number of pyridine rings is 1. The Morgan fingerprint density at radius 1 is 1.50 bits per heavy atom. The third-order valence-electron chi connectivity index (χ3n) is 2.47. The van der Waals surface area contributed by atoms with E-state index >= 15 is 0 Å². The summed E-state index contributed by atoms with van der Waals surface area (Å²) >= 11 is 0. The average molecular weight is 214 g/mol. The zero-order valence-electron chi connectivity index (χ0n) is 8.10. The molecule has 1 aromatic heterocycles. The fraction of sp³-hybridized carbons (Fsp3) is 0.500. The van der Waals surface area contributed by atoms with Crippen molar-refractivity contribution in [2.45, 2.75) is 18.9 Å². The first-order valence-corrected chi connectivity index (χ1v) is 4.77. The van der Waals surface area contributed by atoms with Crippen LogP contribution in [-0.2, 0) is 0 Å². The zero-order chi connectivity index (χ0) is 9.10. The van der Waals surface area contributed by atoms with Crippen molar-refractivity contribution in [3.05, 3.63) is 24.5 Å². The fourth-order valence-corrected chi connectivity index (χ4v) is 1.79. The summed E-state index contributed by atoms with van der Waals surface area (Å²) in [5, 5.41) is 0. The van der Waals surface area contributed by atoms with Gasteiger partial charge in [0.05, 0.1) is 11.9 Å². The molecule has 0 aromatic carbocycles. The Morgan fingerprint density at radius 3 is 3.00 bits per heavy atom. The van der Waals surface area contributed by atoms with E-state index in [1.165, 1.54) is 12.1 Å². The highest BCUT2D eigenvalue weighted by atomic mass is 35.5. The Balaban J connectivity index is 0.000000980. The largest absolute Gasteiger partial charge is 0.369 e. The van der Waals surface area contributed by atoms with Crippen molar-refractivity contribution in [1.82, 2.24) is 4.98 Å². The lowest BCUT2D eigenvalue weighted by molar-refractivity contribution is 0.506. The third kappa shape index (κ3) is 2.59. The van der Waals surface area contributed by atoms with Crippen molar-refractivity contribution in [2.75, 3.05) is 18.0 Å². The van der Waals surface area contributed by atoms with E-state index in [9.17, 15) is 0 Å². The molecule has 0 spiro atoms. The number of nitrogens with two attached hydrogens (primary N) is 1. The molecule has 1 aliphatic rings. The van der Waals surface area contributed by atoms with Crippen molar-refractivity contribution in [2.24, 2.45) is 5.73 Å². The number of nitrogens with zero attached hydrogens (tertiary/aromatic N) is 2. The van der Waals surface area contributed by atoms with E-state index in [1.54, 1.807) is 6.20 Å². The van der Waals surface area contributed by atoms with Crippen LogP contribution in [0.2, 0.25) is 0 Å². The highest BCUT2D eigenvalue weighted by Crippen LogP contribution is 2.17. The molecule has 3 nitrogen and oxygen atoms in total. The van der Waals surface area contributed by atoms with Crippen LogP contribution in [0.25, 0.3) is 0 Å². The molecule has 1 aromatic rings. The fourth-order valence-electron chi connectivity index (χ4n) is 1.79. The van der Waals surface area contributed by atoms with E-state index in [2.05, 4.69) is 16.0 Å². The first-order chi connectivity index (χ1) is 6.36. The quantitative estimate of drug-likeness (QED) is 0.768. The second kappa shape index (κ2) is 5.17. The number of aromatic nitrogens is 1. The maximum absolute atomic E-state index is 5.90. The van der Waals surface area contributed by atoms with Gasteiger partial charge in [-0.3, -0.25) is 4.98 Å². The Morgan fingerprint density at radius 2 is 2.36 bits per heavy atom. The van der Waals surface area contributed by atoms with Gasteiger partial charge in [-0.15, -0.1) is 12.4 Å². The van der Waals surface area contributed by atoms with Gasteiger partial charge in [0.15, 0.2) is 0 Å². The molecule has 2 heterocycles. The van der Waals surface area contributed by atoms with Gasteiger partial charge in [0.2, 0.25) is 0 Å². The predicted octanol–water partition coefficient (Wildman–Crippen LogP) is 1.43. The lowest BCUT2D eigenvalue weighted by Crippen LogP contribution is -2.42. The van der Waals surface area contributed by atoms with Crippen LogP contribution in [0.1, 0.15) is 12.8 Å². The van der Waals surface area contributed by atoms with Gasteiger partial charge in [0, 0.05) is 25.3 Å². The van der Waals surface area contributed by atoms with E-state index in [-0.39, 0.29) is 12.4 Å². The van der Waals surface area contributed by atoms with Crippen LogP contribution in [-0.4, -0.2) is 24.1 Å². The summed E-state index contributed by atoms with van der Waals surface area (Å²) in [5.41, 5.74) is 7.09. The zero-order valence-corrected chi connectivity index (χ0v) is 8.91. The molecule has 0 saturated carbocycles. The molecule has 1 saturated heterocycles. The van der Waals surface area contributed by atoms with Crippen molar-refractivity contribution < 1.29 is 0 Å². The minimum Gasteiger partial charge on any atom is -0.369 e. The SMILES string of the molecule is Cl.NC1CCCN(c2cccnc2)C1. The predicted molar refractivity (Wildman–Crippen MR) is 60.9 cm³/mol. The minimum absolute atomic E-state index is 0. The Bertz CT molecular complexity index is 265. The molecule has 2 N–H and O–H groups in total. The van der Waals surface area contributed by atoms with Crippen LogP contribution in [0, 0.1) is 0 Å². The van der Waals surface area contributed by atoms with Crippen molar-refractivity contribution in [3.63, 3.8) is 0 Å². The van der Waals surface area contributed by atoms with Gasteiger partial charge in [-0.05, 0) is 25.0 Å². The highest BCUT2D eigenvalue weighted by molar-refractivity contribution is 5.85. The highest BCUT2D eigenvalue weighted by Gasteiger charge is 2.16. The second-order valence-corrected chi connectivity index (χ2v) is 3.56. The molecule has 78 valence electrons. The maximum Gasteiger partial charge on any atom is 0.0553 e. The molecular formula is C10H16ClN3. The van der Waals surface area contributed by atoms with Crippen molar-refractivity contribution >= 4 is 18.1 Å². The topological polar surface area (TPSA) is 42.1 Å². The molecule has 0 aliphatic carbocycles. The lowest BCUT2D eigenvalue weighted by atomic mass is 10.1. The van der Waals surface area contributed by atoms with Gasteiger partial charge in [-0.25, -0.2) is 0 Å². The molecule has 0 radical (unpaired) electrons. The molecule has 2 rings (SSSR count). The van der Waals surface area contributed by atoms with E-state index in [0.717, 1.165) is 19.5 Å². The molecule has 1 fully saturated rings. The standard InChI is InChI=1S/C10H15N3.ClH/c11-9-3-2-6-13(8-9)10-4-1-5-12-7-10;/h1,4-5,7,9H,2-3,6,8,11H2;1H. The average Bonchev–Trinajstić information content (AvgIpc) is 2.19. The first kappa shape index (κ1) is 11.3. The molecule has 14 heavy (non-hydrogen) atoms. The van der Waals surface area contributed by atoms with Crippen LogP contribution >= 0.6 is 12.4 Å². The Kier molecular flexibility index (Phi) is 4.17. The van der Waals surface area contributed by atoms with Gasteiger partial charge in [0.25, 0.3) is 0 Å². The van der Waals surface area contributed by atoms with Gasteiger partial charge in [0.1, 0.15) is 0 Å². The number of halogens is 1. The summed E-state index contributed by atoms with van der Waals surface area (Å²) in [4.78, 5) is 6.41. The summed E-state index contributed by atoms with van der Waals surface area (Å²) in [7, 11) is 0. The van der Waals surface area contributed by atoms with Crippen LogP contribution in [0.15, 0.2) is 24.5 Å². The number of hydrogen-bond acceptors (Lipinski definition) is 3. The summed E-state index contributed by atoms with van der Waals surface area (Å²) in [6.07, 6.45) is 6.04. The minimum atomic E-state index is 0. The number of hydrogen-bond donors (Lipinski definition) is 1. The molecule has 0 bridgehead atoms. The molecule has 4 heteroatoms. The van der Waals surface area contributed by atoms with Crippen LogP contribution in [0.5, 0.6) is 0 Å². The summed E-state index contributed by atoms with van der Waals surface area (Å²) in [5.74, 6) is 0. The Labute approximate surface area is 90.7 Å². The smallest absolute Gasteiger partial charge is 0.0553 e. The molecule has 0 amide bonds. The number of piperidine rings is 1. The summed E-state index contributed by atoms with van der Waals surface area (Å²) in [6.45, 7) is 2.07. The molecule has 1 atom stereocenters. The summed E-state index contributed by atoms with van der Waals surface area (Å²) < 4.78 is 0. The number of rotatable bonds is 1. The van der Waals surface area contributed by atoms with Gasteiger partial charge in [-0.2, -0.15) is 0 Å². The first-order valence-electron chi connectivity index (χ1n) is 4.77. The monoisotopic (exact) mass is 213 g/mol. The normalized spacial score (nSPS) is 21.5. The van der Waals surface area contributed by atoms with Crippen molar-refractivity contribution in [3.8, 4) is 0 Å². The maximum atomic E-state index is 5.90. The van der Waals surface area contributed by atoms with Gasteiger partial charge < -0.3 is 10.6 Å². The van der Waals surface area contributed by atoms with Crippen LogP contribution in [0.4, 0.5) is 5.69 Å². The third-order valence-corrected chi connectivity index (χ3v) is 2.47. The Hall–Kier alpha value is -0.800. The van der Waals surface area contributed by atoms with Gasteiger partial charge >= 0.3 is 0 Å². The van der Waals surface area contributed by atoms with E-state index in [0.29, 0.717) is 6.04 Å². The second-order valence-electron chi connectivity index (χ2n) is 3.56. The van der Waals surface area contributed by atoms with Gasteiger partial charge in [-0.1, -0.05) is 0 Å². The molecule has 1 aliphatic heterocycles. The van der Waals surface area contributed by atoms with E-state index in [4.69, 9.17) is 5.73 Å². The molecule has 1 unspecified atom stereocenters.